The van der Waals surface area contributed by atoms with E-state index in [4.69, 9.17) is 0 Å². The van der Waals surface area contributed by atoms with Crippen LogP contribution in [0.1, 0.15) is 23.2 Å². The highest BCUT2D eigenvalue weighted by molar-refractivity contribution is 7.89. The van der Waals surface area contributed by atoms with Gasteiger partial charge in [0, 0.05) is 25.2 Å². The molecule has 0 unspecified atom stereocenters. The largest absolute Gasteiger partial charge is 0.339 e. The van der Waals surface area contributed by atoms with Gasteiger partial charge in [-0.25, -0.2) is 13.1 Å². The molecule has 2 atom stereocenters. The van der Waals surface area contributed by atoms with Crippen LogP contribution in [-0.4, -0.2) is 51.9 Å². The number of benzene rings is 1. The van der Waals surface area contributed by atoms with Crippen LogP contribution in [0.25, 0.3) is 0 Å². The van der Waals surface area contributed by atoms with Crippen LogP contribution in [0.3, 0.4) is 0 Å². The maximum absolute atomic E-state index is 12.8. The smallest absolute Gasteiger partial charge is 0.253 e. The number of sulfonamides is 1. The molecule has 136 valence electrons. The second kappa shape index (κ2) is 7.68. The second-order valence-corrected chi connectivity index (χ2v) is 8.48. The molecular weight excluding hydrogens is 338 g/mol. The monoisotopic (exact) mass is 363 g/mol. The molecule has 0 aromatic heterocycles. The topological polar surface area (TPSA) is 78.5 Å². The normalized spacial score (nSPS) is 23.8. The predicted octanol–water partition coefficient (Wildman–Crippen LogP) is 1.22. The highest BCUT2D eigenvalue weighted by Gasteiger charge is 2.31. The number of carbonyl (C=O) groups excluding carboxylic acids is 1. The molecule has 0 saturated carbocycles. The predicted molar refractivity (Wildman–Crippen MR) is 96.8 cm³/mol. The van der Waals surface area contributed by atoms with Crippen molar-refractivity contribution in [3.63, 3.8) is 0 Å². The number of nitrogens with zero attached hydrogens (tertiary/aromatic N) is 1. The first-order valence-corrected chi connectivity index (χ1v) is 10.2. The molecule has 0 bridgehead atoms. The zero-order valence-corrected chi connectivity index (χ0v) is 15.1. The fourth-order valence-electron chi connectivity index (χ4n) is 3.65. The van der Waals surface area contributed by atoms with E-state index in [1.165, 1.54) is 18.2 Å². The zero-order chi connectivity index (χ0) is 17.9. The molecule has 1 amide bonds. The molecule has 7 heteroatoms. The molecular formula is C18H25N3O3S. The van der Waals surface area contributed by atoms with Crippen LogP contribution in [-0.2, 0) is 10.0 Å². The molecule has 2 aliphatic rings. The number of amides is 1. The van der Waals surface area contributed by atoms with E-state index in [0.29, 0.717) is 17.4 Å². The molecule has 2 heterocycles. The maximum atomic E-state index is 12.8. The fourth-order valence-corrected chi connectivity index (χ4v) is 4.70. The van der Waals surface area contributed by atoms with Crippen LogP contribution in [0.15, 0.2) is 41.8 Å². The zero-order valence-electron chi connectivity index (χ0n) is 14.3. The number of rotatable bonds is 5. The van der Waals surface area contributed by atoms with Gasteiger partial charge in [0.25, 0.3) is 5.91 Å². The lowest BCUT2D eigenvalue weighted by Crippen LogP contribution is -2.33. The Kier molecular flexibility index (Phi) is 5.56. The van der Waals surface area contributed by atoms with Crippen molar-refractivity contribution in [1.29, 1.82) is 0 Å². The molecule has 0 aliphatic carbocycles. The van der Waals surface area contributed by atoms with Crippen molar-refractivity contribution >= 4 is 15.9 Å². The van der Waals surface area contributed by atoms with E-state index >= 15 is 0 Å². The van der Waals surface area contributed by atoms with Gasteiger partial charge in [-0.3, -0.25) is 4.79 Å². The summed E-state index contributed by atoms with van der Waals surface area (Å²) in [6.45, 7) is 7.19. The molecule has 6 nitrogen and oxygen atoms in total. The molecule has 2 aliphatic heterocycles. The molecule has 1 aromatic carbocycles. The minimum absolute atomic E-state index is 0.0892. The average molecular weight is 363 g/mol. The van der Waals surface area contributed by atoms with Crippen LogP contribution in [0.4, 0.5) is 0 Å². The van der Waals surface area contributed by atoms with Crippen LogP contribution in [0, 0.1) is 11.8 Å². The summed E-state index contributed by atoms with van der Waals surface area (Å²) in [5, 5.41) is 3.42. The quantitative estimate of drug-likeness (QED) is 0.771. The van der Waals surface area contributed by atoms with Gasteiger partial charge < -0.3 is 10.2 Å². The Bertz CT molecular complexity index is 734. The Morgan fingerprint density at radius 2 is 1.96 bits per heavy atom. The van der Waals surface area contributed by atoms with Crippen LogP contribution < -0.4 is 10.0 Å². The van der Waals surface area contributed by atoms with Crippen molar-refractivity contribution in [3.05, 3.63) is 42.5 Å². The summed E-state index contributed by atoms with van der Waals surface area (Å²) >= 11 is 0. The molecule has 3 rings (SSSR count). The summed E-state index contributed by atoms with van der Waals surface area (Å²) in [5.74, 6) is 1.20. The van der Waals surface area contributed by atoms with Crippen LogP contribution in [0.5, 0.6) is 0 Å². The van der Waals surface area contributed by atoms with Gasteiger partial charge in [-0.1, -0.05) is 12.1 Å². The molecule has 2 N–H and O–H groups in total. The Labute approximate surface area is 149 Å². The van der Waals surface area contributed by atoms with E-state index < -0.39 is 10.0 Å². The first-order chi connectivity index (χ1) is 12.0. The highest BCUT2D eigenvalue weighted by atomic mass is 32.2. The van der Waals surface area contributed by atoms with E-state index in [1.54, 1.807) is 12.1 Å². The van der Waals surface area contributed by atoms with Crippen molar-refractivity contribution in [2.24, 2.45) is 11.8 Å². The van der Waals surface area contributed by atoms with Gasteiger partial charge in [0.15, 0.2) is 0 Å². The maximum Gasteiger partial charge on any atom is 0.253 e. The number of hydrogen-bond acceptors (Lipinski definition) is 4. The fraction of sp³-hybridized carbons (Fsp3) is 0.500. The van der Waals surface area contributed by atoms with Crippen molar-refractivity contribution in [3.8, 4) is 0 Å². The van der Waals surface area contributed by atoms with Gasteiger partial charge in [0.1, 0.15) is 0 Å². The van der Waals surface area contributed by atoms with E-state index in [1.807, 2.05) is 4.90 Å². The standard InChI is InChI=1S/C18H25N3O3S/c1-2-8-20-25(23,24)17-5-3-4-14(11-17)18(22)21-9-6-15-12-19-13-16(15)7-10-21/h2-5,11,15-16,19-20H,1,6-10,12-13H2/t15-,16+. The van der Waals surface area contributed by atoms with Gasteiger partial charge in [-0.05, 0) is 56.0 Å². The summed E-state index contributed by atoms with van der Waals surface area (Å²) in [6.07, 6.45) is 3.49. The lowest BCUT2D eigenvalue weighted by atomic mass is 9.92. The summed E-state index contributed by atoms with van der Waals surface area (Å²) in [5.41, 5.74) is 0.423. The van der Waals surface area contributed by atoms with Gasteiger partial charge in [0.2, 0.25) is 10.0 Å². The molecule has 2 fully saturated rings. The van der Waals surface area contributed by atoms with E-state index in [0.717, 1.165) is 39.0 Å². The summed E-state index contributed by atoms with van der Waals surface area (Å²) in [7, 11) is -3.63. The van der Waals surface area contributed by atoms with E-state index in [9.17, 15) is 13.2 Å². The summed E-state index contributed by atoms with van der Waals surface area (Å²) in [4.78, 5) is 14.8. The molecule has 1 aromatic rings. The first kappa shape index (κ1) is 18.1. The summed E-state index contributed by atoms with van der Waals surface area (Å²) in [6, 6.07) is 6.26. The van der Waals surface area contributed by atoms with Crippen molar-refractivity contribution in [2.45, 2.75) is 17.7 Å². The molecule has 2 saturated heterocycles. The minimum atomic E-state index is -3.63. The van der Waals surface area contributed by atoms with Crippen molar-refractivity contribution in [1.82, 2.24) is 14.9 Å². The number of carbonyl (C=O) groups is 1. The van der Waals surface area contributed by atoms with Crippen LogP contribution >= 0.6 is 0 Å². The number of likely N-dealkylation sites (tertiary alicyclic amines) is 1. The van der Waals surface area contributed by atoms with Crippen molar-refractivity contribution in [2.75, 3.05) is 32.7 Å². The second-order valence-electron chi connectivity index (χ2n) is 6.72. The Morgan fingerprint density at radius 3 is 2.60 bits per heavy atom. The van der Waals surface area contributed by atoms with Gasteiger partial charge in [-0.2, -0.15) is 0 Å². The third-order valence-corrected chi connectivity index (χ3v) is 6.54. The van der Waals surface area contributed by atoms with Crippen molar-refractivity contribution < 1.29 is 13.2 Å². The summed E-state index contributed by atoms with van der Waals surface area (Å²) < 4.78 is 26.9. The molecule has 25 heavy (non-hydrogen) atoms. The van der Waals surface area contributed by atoms with Crippen LogP contribution in [0.2, 0.25) is 0 Å². The first-order valence-electron chi connectivity index (χ1n) is 8.72. The number of hydrogen-bond donors (Lipinski definition) is 2. The lowest BCUT2D eigenvalue weighted by Gasteiger charge is -2.21. The van der Waals surface area contributed by atoms with Gasteiger partial charge in [0.05, 0.1) is 4.90 Å². The molecule has 0 radical (unpaired) electrons. The third-order valence-electron chi connectivity index (χ3n) is 5.12. The Balaban J connectivity index is 1.74. The van der Waals surface area contributed by atoms with Gasteiger partial charge in [-0.15, -0.1) is 6.58 Å². The average Bonchev–Trinajstić information content (AvgIpc) is 2.98. The number of fused-ring (bicyclic) bond motifs is 1. The lowest BCUT2D eigenvalue weighted by molar-refractivity contribution is 0.0758. The third kappa shape index (κ3) is 4.11. The molecule has 0 spiro atoms. The Hall–Kier alpha value is -1.70. The van der Waals surface area contributed by atoms with E-state index in [2.05, 4.69) is 16.6 Å². The SMILES string of the molecule is C=CCNS(=O)(=O)c1cccc(C(=O)N2CC[C@@H]3CNC[C@@H]3CC2)c1. The highest BCUT2D eigenvalue weighted by Crippen LogP contribution is 2.27. The Morgan fingerprint density at radius 1 is 1.28 bits per heavy atom. The van der Waals surface area contributed by atoms with Gasteiger partial charge >= 0.3 is 0 Å². The van der Waals surface area contributed by atoms with E-state index in [-0.39, 0.29) is 17.3 Å². The number of nitrogens with one attached hydrogen (secondary N) is 2. The minimum Gasteiger partial charge on any atom is -0.339 e.